The van der Waals surface area contributed by atoms with Gasteiger partial charge in [-0.25, -0.2) is 8.42 Å². The fraction of sp³-hybridized carbons (Fsp3) is 1.00. The van der Waals surface area contributed by atoms with Gasteiger partial charge in [-0.2, -0.15) is 0 Å². The van der Waals surface area contributed by atoms with E-state index in [0.717, 1.165) is 19.3 Å². The van der Waals surface area contributed by atoms with Crippen LogP contribution < -0.4 is 5.73 Å². The molecule has 2 rings (SSSR count). The van der Waals surface area contributed by atoms with Crippen molar-refractivity contribution >= 4 is 9.84 Å². The van der Waals surface area contributed by atoms with Crippen LogP contribution in [0.15, 0.2) is 0 Å². The molecule has 0 aromatic rings. The number of rotatable bonds is 1. The van der Waals surface area contributed by atoms with Gasteiger partial charge in [0.15, 0.2) is 9.84 Å². The maximum absolute atomic E-state index is 11.5. The first-order valence-electron chi connectivity index (χ1n) is 4.44. The molecule has 12 heavy (non-hydrogen) atoms. The summed E-state index contributed by atoms with van der Waals surface area (Å²) in [6.45, 7) is 2.01. The van der Waals surface area contributed by atoms with Crippen molar-refractivity contribution in [2.75, 3.05) is 5.75 Å². The van der Waals surface area contributed by atoms with Crippen LogP contribution in [0.4, 0.5) is 0 Å². The molecule has 1 saturated carbocycles. The molecule has 2 fully saturated rings. The molecule has 3 unspecified atom stereocenters. The van der Waals surface area contributed by atoms with Crippen LogP contribution in [0.2, 0.25) is 0 Å². The highest BCUT2D eigenvalue weighted by Gasteiger charge is 2.58. The number of hydrogen-bond donors (Lipinski definition) is 1. The summed E-state index contributed by atoms with van der Waals surface area (Å²) in [6.07, 6.45) is 2.54. The standard InChI is InChI=1S/C8H15NO2S/c1-8(5-6(8)9)7-3-2-4-12(7,10)11/h6-7H,2-5,9H2,1H3. The average molecular weight is 189 g/mol. The zero-order valence-corrected chi connectivity index (χ0v) is 8.10. The Kier molecular flexibility index (Phi) is 1.58. The molecule has 0 aromatic heterocycles. The van der Waals surface area contributed by atoms with E-state index in [9.17, 15) is 8.42 Å². The van der Waals surface area contributed by atoms with Gasteiger partial charge in [-0.15, -0.1) is 0 Å². The van der Waals surface area contributed by atoms with Crippen molar-refractivity contribution in [2.24, 2.45) is 11.1 Å². The van der Waals surface area contributed by atoms with Crippen molar-refractivity contribution in [3.05, 3.63) is 0 Å². The third-order valence-electron chi connectivity index (χ3n) is 3.41. The minimum Gasteiger partial charge on any atom is -0.327 e. The highest BCUT2D eigenvalue weighted by atomic mass is 32.2. The van der Waals surface area contributed by atoms with Gasteiger partial charge in [0.2, 0.25) is 0 Å². The van der Waals surface area contributed by atoms with Gasteiger partial charge in [-0.05, 0) is 19.3 Å². The molecule has 2 N–H and O–H groups in total. The summed E-state index contributed by atoms with van der Waals surface area (Å²) in [6, 6.07) is 0.121. The number of nitrogens with two attached hydrogens (primary N) is 1. The molecule has 0 amide bonds. The molecule has 1 aliphatic carbocycles. The van der Waals surface area contributed by atoms with E-state index in [0.29, 0.717) is 5.75 Å². The van der Waals surface area contributed by atoms with E-state index in [-0.39, 0.29) is 16.7 Å². The van der Waals surface area contributed by atoms with Gasteiger partial charge in [0.05, 0.1) is 11.0 Å². The van der Waals surface area contributed by atoms with Crippen molar-refractivity contribution in [2.45, 2.75) is 37.5 Å². The summed E-state index contributed by atoms with van der Waals surface area (Å²) in [7, 11) is -2.80. The minimum absolute atomic E-state index is 0.0880. The molecular formula is C8H15NO2S. The first-order chi connectivity index (χ1) is 5.47. The van der Waals surface area contributed by atoms with E-state index in [1.54, 1.807) is 0 Å². The molecule has 3 nitrogen and oxygen atoms in total. The minimum atomic E-state index is -2.80. The van der Waals surface area contributed by atoms with Crippen LogP contribution in [-0.4, -0.2) is 25.5 Å². The van der Waals surface area contributed by atoms with E-state index < -0.39 is 9.84 Å². The highest BCUT2D eigenvalue weighted by molar-refractivity contribution is 7.92. The monoisotopic (exact) mass is 189 g/mol. The van der Waals surface area contributed by atoms with Crippen LogP contribution in [0.3, 0.4) is 0 Å². The summed E-state index contributed by atoms with van der Waals surface area (Å²) >= 11 is 0. The van der Waals surface area contributed by atoms with Gasteiger partial charge in [0, 0.05) is 11.5 Å². The Balaban J connectivity index is 2.26. The molecule has 1 aliphatic heterocycles. The second kappa shape index (κ2) is 2.23. The number of hydrogen-bond acceptors (Lipinski definition) is 3. The van der Waals surface area contributed by atoms with Crippen molar-refractivity contribution in [1.29, 1.82) is 0 Å². The van der Waals surface area contributed by atoms with Crippen LogP contribution in [0.1, 0.15) is 26.2 Å². The Labute approximate surface area is 73.2 Å². The SMILES string of the molecule is CC1(C2CCCS2(=O)=O)CC1N. The average Bonchev–Trinajstić information content (AvgIpc) is 2.40. The van der Waals surface area contributed by atoms with E-state index in [1.165, 1.54) is 0 Å². The van der Waals surface area contributed by atoms with Gasteiger partial charge in [0.25, 0.3) is 0 Å². The summed E-state index contributed by atoms with van der Waals surface area (Å²) < 4.78 is 23.1. The molecule has 1 heterocycles. The van der Waals surface area contributed by atoms with E-state index in [2.05, 4.69) is 0 Å². The van der Waals surface area contributed by atoms with Crippen LogP contribution >= 0.6 is 0 Å². The molecule has 2 aliphatic rings. The normalized spacial score (nSPS) is 50.8. The first kappa shape index (κ1) is 8.51. The Hall–Kier alpha value is -0.0900. The van der Waals surface area contributed by atoms with Crippen LogP contribution in [-0.2, 0) is 9.84 Å². The van der Waals surface area contributed by atoms with Gasteiger partial charge >= 0.3 is 0 Å². The molecule has 4 heteroatoms. The fourth-order valence-corrected chi connectivity index (χ4v) is 4.79. The summed E-state index contributed by atoms with van der Waals surface area (Å²) in [4.78, 5) is 0. The molecule has 0 radical (unpaired) electrons. The smallest absolute Gasteiger partial charge is 0.153 e. The maximum Gasteiger partial charge on any atom is 0.153 e. The van der Waals surface area contributed by atoms with Gasteiger partial charge in [-0.3, -0.25) is 0 Å². The van der Waals surface area contributed by atoms with Crippen molar-refractivity contribution in [1.82, 2.24) is 0 Å². The van der Waals surface area contributed by atoms with Gasteiger partial charge in [0.1, 0.15) is 0 Å². The van der Waals surface area contributed by atoms with Crippen LogP contribution in [0.5, 0.6) is 0 Å². The molecule has 1 saturated heterocycles. The quantitative estimate of drug-likeness (QED) is 0.645. The van der Waals surface area contributed by atoms with Crippen LogP contribution in [0.25, 0.3) is 0 Å². The molecule has 0 bridgehead atoms. The topological polar surface area (TPSA) is 60.2 Å². The van der Waals surface area contributed by atoms with E-state index >= 15 is 0 Å². The van der Waals surface area contributed by atoms with Gasteiger partial charge < -0.3 is 5.73 Å². The Morgan fingerprint density at radius 2 is 2.08 bits per heavy atom. The molecule has 0 aromatic carbocycles. The van der Waals surface area contributed by atoms with Crippen molar-refractivity contribution in [3.8, 4) is 0 Å². The molecule has 70 valence electrons. The zero-order valence-electron chi connectivity index (χ0n) is 7.29. The van der Waals surface area contributed by atoms with E-state index in [1.807, 2.05) is 6.92 Å². The predicted octanol–water partition coefficient (Wildman–Crippen LogP) is 0.301. The summed E-state index contributed by atoms with van der Waals surface area (Å²) in [5, 5.41) is -0.139. The second-order valence-electron chi connectivity index (χ2n) is 4.31. The first-order valence-corrected chi connectivity index (χ1v) is 6.15. The summed E-state index contributed by atoms with van der Waals surface area (Å²) in [5.74, 6) is 0.375. The Morgan fingerprint density at radius 3 is 2.42 bits per heavy atom. The lowest BCUT2D eigenvalue weighted by Gasteiger charge is -2.17. The fourth-order valence-electron chi connectivity index (χ4n) is 2.32. The molecule has 0 spiro atoms. The third-order valence-corrected chi connectivity index (χ3v) is 5.91. The Bertz CT molecular complexity index is 298. The van der Waals surface area contributed by atoms with Crippen molar-refractivity contribution in [3.63, 3.8) is 0 Å². The lowest BCUT2D eigenvalue weighted by molar-refractivity contribution is 0.477. The second-order valence-corrected chi connectivity index (χ2v) is 6.62. The largest absolute Gasteiger partial charge is 0.327 e. The van der Waals surface area contributed by atoms with Crippen LogP contribution in [0, 0.1) is 5.41 Å². The van der Waals surface area contributed by atoms with Gasteiger partial charge in [-0.1, -0.05) is 6.92 Å². The van der Waals surface area contributed by atoms with E-state index in [4.69, 9.17) is 5.73 Å². The zero-order chi connectivity index (χ0) is 8.98. The maximum atomic E-state index is 11.5. The molecular weight excluding hydrogens is 174 g/mol. The lowest BCUT2D eigenvalue weighted by atomic mass is 10.0. The predicted molar refractivity (Wildman–Crippen MR) is 47.5 cm³/mol. The highest BCUT2D eigenvalue weighted by Crippen LogP contribution is 2.52. The third kappa shape index (κ3) is 1.01. The van der Waals surface area contributed by atoms with Crippen molar-refractivity contribution < 1.29 is 8.42 Å². The number of sulfone groups is 1. The molecule has 3 atom stereocenters. The summed E-state index contributed by atoms with van der Waals surface area (Å²) in [5.41, 5.74) is 5.65. The Morgan fingerprint density at radius 1 is 1.50 bits per heavy atom. The lowest BCUT2D eigenvalue weighted by Crippen LogP contribution is -2.30.